The predicted molar refractivity (Wildman–Crippen MR) is 112 cm³/mol. The number of furan rings is 1. The normalized spacial score (nSPS) is 14.1. The van der Waals surface area contributed by atoms with Gasteiger partial charge in [-0.05, 0) is 42.5 Å². The summed E-state index contributed by atoms with van der Waals surface area (Å²) in [6.07, 6.45) is 3.46. The van der Waals surface area contributed by atoms with Crippen molar-refractivity contribution < 1.29 is 4.42 Å². The largest absolute Gasteiger partial charge is 0.454 e. The summed E-state index contributed by atoms with van der Waals surface area (Å²) in [5, 5.41) is 12.3. The van der Waals surface area contributed by atoms with Gasteiger partial charge in [0, 0.05) is 67.0 Å². The molecule has 0 radical (unpaired) electrons. The van der Waals surface area contributed by atoms with Crippen molar-refractivity contribution in [2.75, 3.05) is 31.1 Å². The first-order valence-electron chi connectivity index (χ1n) is 9.63. The van der Waals surface area contributed by atoms with Crippen molar-refractivity contribution in [2.24, 2.45) is 0 Å². The van der Waals surface area contributed by atoms with Crippen LogP contribution in [0.4, 0.5) is 5.69 Å². The number of nitrogens with one attached hydrogen (secondary N) is 1. The zero-order chi connectivity index (χ0) is 19.6. The van der Waals surface area contributed by atoms with Crippen molar-refractivity contribution in [2.45, 2.75) is 0 Å². The van der Waals surface area contributed by atoms with E-state index in [1.807, 2.05) is 24.3 Å². The number of rotatable bonds is 3. The van der Waals surface area contributed by atoms with Crippen molar-refractivity contribution >= 4 is 16.8 Å². The number of aromatic nitrogens is 2. The Morgan fingerprint density at radius 3 is 2.48 bits per heavy atom. The second-order valence-electron chi connectivity index (χ2n) is 7.01. The molecule has 1 saturated heterocycles. The molecule has 4 aromatic rings. The number of nitriles is 1. The molecule has 1 aliphatic heterocycles. The highest BCUT2D eigenvalue weighted by molar-refractivity contribution is 5.92. The zero-order valence-electron chi connectivity index (χ0n) is 15.8. The molecule has 1 N–H and O–H groups in total. The van der Waals surface area contributed by atoms with Crippen LogP contribution in [0.15, 0.2) is 65.3 Å². The molecule has 0 unspecified atom stereocenters. The summed E-state index contributed by atoms with van der Waals surface area (Å²) < 4.78 is 6.20. The van der Waals surface area contributed by atoms with Crippen LogP contribution in [0, 0.1) is 11.3 Å². The smallest absolute Gasteiger partial charge is 0.161 e. The van der Waals surface area contributed by atoms with Gasteiger partial charge in [0.25, 0.3) is 0 Å². The maximum absolute atomic E-state index is 8.96. The molecule has 0 saturated carbocycles. The lowest BCUT2D eigenvalue weighted by Crippen LogP contribution is -2.43. The summed E-state index contributed by atoms with van der Waals surface area (Å²) in [7, 11) is 0. The van der Waals surface area contributed by atoms with E-state index in [9.17, 15) is 0 Å². The van der Waals surface area contributed by atoms with Gasteiger partial charge in [0.15, 0.2) is 5.58 Å². The van der Waals surface area contributed by atoms with Gasteiger partial charge >= 0.3 is 0 Å². The average Bonchev–Trinajstić information content (AvgIpc) is 3.24. The van der Waals surface area contributed by atoms with Gasteiger partial charge in [0.05, 0.1) is 0 Å². The molecule has 0 aliphatic carbocycles. The van der Waals surface area contributed by atoms with Gasteiger partial charge in [-0.3, -0.25) is 4.98 Å². The fourth-order valence-corrected chi connectivity index (χ4v) is 3.69. The molecule has 4 heterocycles. The molecule has 5 rings (SSSR count). The van der Waals surface area contributed by atoms with Gasteiger partial charge in [-0.15, -0.1) is 0 Å². The monoisotopic (exact) mass is 381 g/mol. The highest BCUT2D eigenvalue weighted by atomic mass is 16.3. The number of benzene rings is 1. The summed E-state index contributed by atoms with van der Waals surface area (Å²) in [6.45, 7) is 4.08. The summed E-state index contributed by atoms with van der Waals surface area (Å²) in [4.78, 5) is 11.0. The van der Waals surface area contributed by atoms with Gasteiger partial charge in [-0.1, -0.05) is 0 Å². The van der Waals surface area contributed by atoms with Crippen molar-refractivity contribution in [3.05, 3.63) is 66.6 Å². The Morgan fingerprint density at radius 2 is 1.76 bits per heavy atom. The third-order valence-corrected chi connectivity index (χ3v) is 5.23. The van der Waals surface area contributed by atoms with Crippen LogP contribution in [0.2, 0.25) is 0 Å². The third kappa shape index (κ3) is 3.33. The standard InChI is InChI=1S/C23H19N5O/c24-14-18-4-1-17(15-27-18)20-7-8-26-21-13-22(29-23(20)21)16-2-5-19(6-3-16)28-11-9-25-10-12-28/h1-8,13,15,25H,9-12H2. The topological polar surface area (TPSA) is 78.0 Å². The SMILES string of the molecule is N#Cc1ccc(-c2ccnc3cc(-c4ccc(N5CCNCC5)cc4)oc23)cn1. The molecular formula is C23H19N5O. The Kier molecular flexibility index (Phi) is 4.43. The van der Waals surface area contributed by atoms with E-state index in [0.29, 0.717) is 5.69 Å². The zero-order valence-corrected chi connectivity index (χ0v) is 15.8. The van der Waals surface area contributed by atoms with Crippen LogP contribution in [-0.4, -0.2) is 36.1 Å². The summed E-state index contributed by atoms with van der Waals surface area (Å²) >= 11 is 0. The fraction of sp³-hybridized carbons (Fsp3) is 0.174. The maximum atomic E-state index is 8.96. The van der Waals surface area contributed by atoms with Gasteiger partial charge in [-0.25, -0.2) is 4.98 Å². The Morgan fingerprint density at radius 1 is 0.966 bits per heavy atom. The molecule has 1 aromatic carbocycles. The molecule has 0 spiro atoms. The maximum Gasteiger partial charge on any atom is 0.161 e. The van der Waals surface area contributed by atoms with Crippen LogP contribution >= 0.6 is 0 Å². The van der Waals surface area contributed by atoms with Crippen molar-refractivity contribution in [1.82, 2.24) is 15.3 Å². The van der Waals surface area contributed by atoms with E-state index in [-0.39, 0.29) is 0 Å². The number of nitrogens with zero attached hydrogens (tertiary/aromatic N) is 4. The molecule has 142 valence electrons. The van der Waals surface area contributed by atoms with E-state index < -0.39 is 0 Å². The average molecular weight is 381 g/mol. The van der Waals surface area contributed by atoms with Gasteiger partial charge < -0.3 is 14.6 Å². The molecule has 0 atom stereocenters. The molecule has 3 aromatic heterocycles. The number of anilines is 1. The van der Waals surface area contributed by atoms with Crippen LogP contribution in [0.25, 0.3) is 33.6 Å². The molecule has 29 heavy (non-hydrogen) atoms. The quantitative estimate of drug-likeness (QED) is 0.581. The third-order valence-electron chi connectivity index (χ3n) is 5.23. The van der Waals surface area contributed by atoms with Crippen molar-refractivity contribution in [1.29, 1.82) is 5.26 Å². The molecule has 6 heteroatoms. The van der Waals surface area contributed by atoms with E-state index in [4.69, 9.17) is 9.68 Å². The summed E-state index contributed by atoms with van der Waals surface area (Å²) in [6, 6.07) is 18.0. The molecular weight excluding hydrogens is 362 g/mol. The highest BCUT2D eigenvalue weighted by Gasteiger charge is 2.14. The number of pyridine rings is 2. The molecule has 1 aliphatic rings. The Hall–Kier alpha value is -3.69. The molecule has 6 nitrogen and oxygen atoms in total. The van der Waals surface area contributed by atoms with E-state index >= 15 is 0 Å². The molecule has 0 amide bonds. The van der Waals surface area contributed by atoms with Crippen LogP contribution in [0.5, 0.6) is 0 Å². The lowest BCUT2D eigenvalue weighted by atomic mass is 10.1. The lowest BCUT2D eigenvalue weighted by Gasteiger charge is -2.29. The van der Waals surface area contributed by atoms with E-state index in [1.54, 1.807) is 18.5 Å². The summed E-state index contributed by atoms with van der Waals surface area (Å²) in [5.41, 5.74) is 5.97. The van der Waals surface area contributed by atoms with Crippen LogP contribution < -0.4 is 10.2 Å². The Labute approximate surface area is 168 Å². The van der Waals surface area contributed by atoms with Crippen LogP contribution in [0.1, 0.15) is 5.69 Å². The van der Waals surface area contributed by atoms with E-state index in [2.05, 4.69) is 44.5 Å². The fourth-order valence-electron chi connectivity index (χ4n) is 3.69. The summed E-state index contributed by atoms with van der Waals surface area (Å²) in [5.74, 6) is 0.786. The molecule has 0 bridgehead atoms. The van der Waals surface area contributed by atoms with E-state index in [1.165, 1.54) is 5.69 Å². The number of hydrogen-bond donors (Lipinski definition) is 1. The Bertz CT molecular complexity index is 1180. The van der Waals surface area contributed by atoms with Gasteiger partial charge in [-0.2, -0.15) is 5.26 Å². The minimum atomic E-state index is 0.392. The van der Waals surface area contributed by atoms with E-state index in [0.717, 1.165) is 59.7 Å². The van der Waals surface area contributed by atoms with Crippen LogP contribution in [0.3, 0.4) is 0 Å². The molecule has 1 fully saturated rings. The minimum absolute atomic E-state index is 0.392. The first-order valence-corrected chi connectivity index (χ1v) is 9.63. The second kappa shape index (κ2) is 7.38. The Balaban J connectivity index is 1.49. The highest BCUT2D eigenvalue weighted by Crippen LogP contribution is 2.34. The van der Waals surface area contributed by atoms with Gasteiger partial charge in [0.1, 0.15) is 23.0 Å². The number of hydrogen-bond acceptors (Lipinski definition) is 6. The van der Waals surface area contributed by atoms with Gasteiger partial charge in [0.2, 0.25) is 0 Å². The van der Waals surface area contributed by atoms with Crippen molar-refractivity contribution in [3.63, 3.8) is 0 Å². The lowest BCUT2D eigenvalue weighted by molar-refractivity contribution is 0.589. The van der Waals surface area contributed by atoms with Crippen molar-refractivity contribution in [3.8, 4) is 28.5 Å². The second-order valence-corrected chi connectivity index (χ2v) is 7.01. The first-order chi connectivity index (χ1) is 14.3. The first kappa shape index (κ1) is 17.4. The minimum Gasteiger partial charge on any atom is -0.454 e. The van der Waals surface area contributed by atoms with Crippen LogP contribution in [-0.2, 0) is 0 Å². The number of piperazine rings is 1. The number of fused-ring (bicyclic) bond motifs is 1. The predicted octanol–water partition coefficient (Wildman–Crippen LogP) is 3.84.